The first-order valence-corrected chi connectivity index (χ1v) is 8.21. The standard InChI is InChI=1S/C16H15Br2ClO/c1-9-7-15(20-3)12(8-14(9)18)16(19)11-5-4-6-13(17)10(11)2/h4-8,16H,1-3H3. The maximum absolute atomic E-state index is 6.70. The van der Waals surface area contributed by atoms with Crippen molar-refractivity contribution in [3.05, 3.63) is 61.5 Å². The molecular formula is C16H15Br2ClO. The van der Waals surface area contributed by atoms with Crippen molar-refractivity contribution in [3.8, 4) is 5.75 Å². The molecule has 0 aromatic heterocycles. The van der Waals surface area contributed by atoms with Gasteiger partial charge in [-0.05, 0) is 48.7 Å². The number of methoxy groups -OCH3 is 1. The van der Waals surface area contributed by atoms with Gasteiger partial charge >= 0.3 is 0 Å². The Hall–Kier alpha value is -0.510. The smallest absolute Gasteiger partial charge is 0.124 e. The van der Waals surface area contributed by atoms with Crippen LogP contribution < -0.4 is 4.74 Å². The van der Waals surface area contributed by atoms with E-state index < -0.39 is 0 Å². The molecule has 1 unspecified atom stereocenters. The van der Waals surface area contributed by atoms with Crippen LogP contribution >= 0.6 is 43.5 Å². The molecule has 1 nitrogen and oxygen atoms in total. The monoisotopic (exact) mass is 416 g/mol. The molecule has 0 radical (unpaired) electrons. The van der Waals surface area contributed by atoms with E-state index in [2.05, 4.69) is 38.8 Å². The Bertz CT molecular complexity index is 641. The van der Waals surface area contributed by atoms with Crippen LogP contribution in [0.5, 0.6) is 5.75 Å². The van der Waals surface area contributed by atoms with Crippen LogP contribution in [0.3, 0.4) is 0 Å². The highest BCUT2D eigenvalue weighted by atomic mass is 79.9. The lowest BCUT2D eigenvalue weighted by Gasteiger charge is -2.18. The largest absolute Gasteiger partial charge is 0.496 e. The summed E-state index contributed by atoms with van der Waals surface area (Å²) in [5.74, 6) is 0.810. The molecule has 0 spiro atoms. The molecule has 0 N–H and O–H groups in total. The van der Waals surface area contributed by atoms with E-state index in [0.29, 0.717) is 0 Å². The molecule has 106 valence electrons. The van der Waals surface area contributed by atoms with E-state index >= 15 is 0 Å². The number of ether oxygens (including phenoxy) is 1. The van der Waals surface area contributed by atoms with Crippen molar-refractivity contribution < 1.29 is 4.74 Å². The Morgan fingerprint density at radius 3 is 2.40 bits per heavy atom. The third-order valence-corrected chi connectivity index (χ3v) is 5.55. The number of benzene rings is 2. The van der Waals surface area contributed by atoms with Crippen LogP contribution in [0.1, 0.15) is 27.6 Å². The summed E-state index contributed by atoms with van der Waals surface area (Å²) in [5, 5.41) is -0.251. The van der Waals surface area contributed by atoms with Gasteiger partial charge in [0.25, 0.3) is 0 Å². The summed E-state index contributed by atoms with van der Waals surface area (Å²) in [6, 6.07) is 10.1. The molecule has 0 heterocycles. The molecule has 0 bridgehead atoms. The molecule has 20 heavy (non-hydrogen) atoms. The molecule has 0 aliphatic carbocycles. The lowest BCUT2D eigenvalue weighted by Crippen LogP contribution is -2.01. The van der Waals surface area contributed by atoms with Gasteiger partial charge in [0.1, 0.15) is 5.75 Å². The zero-order valence-electron chi connectivity index (χ0n) is 11.5. The number of halogens is 3. The quantitative estimate of drug-likeness (QED) is 0.542. The molecule has 0 amide bonds. The lowest BCUT2D eigenvalue weighted by molar-refractivity contribution is 0.409. The number of hydrogen-bond donors (Lipinski definition) is 0. The van der Waals surface area contributed by atoms with Gasteiger partial charge in [0.2, 0.25) is 0 Å². The SMILES string of the molecule is COc1cc(C)c(Br)cc1C(Cl)c1cccc(Br)c1C. The highest BCUT2D eigenvalue weighted by Gasteiger charge is 2.19. The lowest BCUT2D eigenvalue weighted by atomic mass is 9.98. The van der Waals surface area contributed by atoms with Crippen LogP contribution in [0, 0.1) is 13.8 Å². The fourth-order valence-electron chi connectivity index (χ4n) is 2.11. The number of hydrogen-bond acceptors (Lipinski definition) is 1. The maximum atomic E-state index is 6.70. The molecule has 2 aromatic carbocycles. The van der Waals surface area contributed by atoms with Crippen molar-refractivity contribution >= 4 is 43.5 Å². The Balaban J connectivity index is 2.55. The Labute approximate surface area is 141 Å². The molecular weight excluding hydrogens is 403 g/mol. The first-order chi connectivity index (χ1) is 9.45. The Morgan fingerprint density at radius 1 is 1.05 bits per heavy atom. The summed E-state index contributed by atoms with van der Waals surface area (Å²) < 4.78 is 7.57. The fourth-order valence-corrected chi connectivity index (χ4v) is 3.26. The summed E-state index contributed by atoms with van der Waals surface area (Å²) in [7, 11) is 1.67. The first kappa shape index (κ1) is 15.9. The minimum Gasteiger partial charge on any atom is -0.496 e. The highest BCUT2D eigenvalue weighted by molar-refractivity contribution is 9.10. The molecule has 2 aromatic rings. The van der Waals surface area contributed by atoms with E-state index in [9.17, 15) is 0 Å². The molecule has 0 saturated heterocycles. The molecule has 0 fully saturated rings. The van der Waals surface area contributed by atoms with Crippen LogP contribution in [-0.2, 0) is 0 Å². The van der Waals surface area contributed by atoms with Crippen LogP contribution in [0.2, 0.25) is 0 Å². The predicted molar refractivity (Wildman–Crippen MR) is 92.0 cm³/mol. The summed E-state index contributed by atoms with van der Waals surface area (Å²) >= 11 is 13.8. The van der Waals surface area contributed by atoms with Crippen molar-refractivity contribution in [1.82, 2.24) is 0 Å². The van der Waals surface area contributed by atoms with Gasteiger partial charge in [-0.3, -0.25) is 0 Å². The van der Waals surface area contributed by atoms with E-state index in [1.54, 1.807) is 7.11 Å². The third kappa shape index (κ3) is 3.05. The van der Waals surface area contributed by atoms with Gasteiger partial charge in [-0.1, -0.05) is 44.0 Å². The predicted octanol–water partition coefficient (Wildman–Crippen LogP) is 6.17. The topological polar surface area (TPSA) is 9.23 Å². The van der Waals surface area contributed by atoms with Crippen LogP contribution in [0.15, 0.2) is 39.3 Å². The maximum Gasteiger partial charge on any atom is 0.124 e. The van der Waals surface area contributed by atoms with Crippen molar-refractivity contribution in [1.29, 1.82) is 0 Å². The number of rotatable bonds is 3. The van der Waals surface area contributed by atoms with Gasteiger partial charge in [0, 0.05) is 14.5 Å². The normalized spacial score (nSPS) is 12.3. The van der Waals surface area contributed by atoms with Gasteiger partial charge < -0.3 is 4.74 Å². The van der Waals surface area contributed by atoms with Crippen molar-refractivity contribution in [3.63, 3.8) is 0 Å². The molecule has 2 rings (SSSR count). The molecule has 1 atom stereocenters. The average molecular weight is 419 g/mol. The van der Waals surface area contributed by atoms with Crippen LogP contribution in [-0.4, -0.2) is 7.11 Å². The third-order valence-electron chi connectivity index (χ3n) is 3.37. The number of alkyl halides is 1. The Morgan fingerprint density at radius 2 is 1.75 bits per heavy atom. The highest BCUT2D eigenvalue weighted by Crippen LogP contribution is 2.40. The van der Waals surface area contributed by atoms with Gasteiger partial charge in [-0.2, -0.15) is 0 Å². The zero-order chi connectivity index (χ0) is 14.9. The van der Waals surface area contributed by atoms with Gasteiger partial charge in [0.15, 0.2) is 0 Å². The summed E-state index contributed by atoms with van der Waals surface area (Å²) in [6.45, 7) is 4.09. The van der Waals surface area contributed by atoms with Crippen LogP contribution in [0.4, 0.5) is 0 Å². The average Bonchev–Trinajstić information content (AvgIpc) is 2.43. The van der Waals surface area contributed by atoms with Crippen molar-refractivity contribution in [2.45, 2.75) is 19.2 Å². The molecule has 0 saturated carbocycles. The summed E-state index contributed by atoms with van der Waals surface area (Å²) in [4.78, 5) is 0. The summed E-state index contributed by atoms with van der Waals surface area (Å²) in [6.07, 6.45) is 0. The minimum atomic E-state index is -0.251. The van der Waals surface area contributed by atoms with E-state index in [1.165, 1.54) is 0 Å². The Kier molecular flexibility index (Phi) is 5.16. The van der Waals surface area contributed by atoms with Crippen molar-refractivity contribution in [2.75, 3.05) is 7.11 Å². The van der Waals surface area contributed by atoms with Gasteiger partial charge in [-0.15, -0.1) is 11.6 Å². The fraction of sp³-hybridized carbons (Fsp3) is 0.250. The second-order valence-corrected chi connectivity index (χ2v) is 6.81. The minimum absolute atomic E-state index is 0.251. The van der Waals surface area contributed by atoms with E-state index in [0.717, 1.165) is 36.9 Å². The zero-order valence-corrected chi connectivity index (χ0v) is 15.4. The van der Waals surface area contributed by atoms with Gasteiger partial charge in [-0.25, -0.2) is 0 Å². The second-order valence-electron chi connectivity index (χ2n) is 4.66. The van der Waals surface area contributed by atoms with E-state index in [-0.39, 0.29) is 5.38 Å². The van der Waals surface area contributed by atoms with Crippen LogP contribution in [0.25, 0.3) is 0 Å². The molecule has 4 heteroatoms. The second kappa shape index (κ2) is 6.50. The molecule has 0 aliphatic heterocycles. The number of aryl methyl sites for hydroxylation is 1. The summed E-state index contributed by atoms with van der Waals surface area (Å²) in [5.41, 5.74) is 4.31. The molecule has 0 aliphatic rings. The van der Waals surface area contributed by atoms with Crippen molar-refractivity contribution in [2.24, 2.45) is 0 Å². The first-order valence-electron chi connectivity index (χ1n) is 6.18. The van der Waals surface area contributed by atoms with E-state index in [4.69, 9.17) is 16.3 Å². The van der Waals surface area contributed by atoms with E-state index in [1.807, 2.05) is 37.3 Å². The van der Waals surface area contributed by atoms with Gasteiger partial charge in [0.05, 0.1) is 12.5 Å².